The van der Waals surface area contributed by atoms with E-state index in [4.69, 9.17) is 14.2 Å². The lowest BCUT2D eigenvalue weighted by Gasteiger charge is -2.36. The van der Waals surface area contributed by atoms with E-state index in [9.17, 15) is 4.79 Å². The van der Waals surface area contributed by atoms with Crippen LogP contribution in [0.25, 0.3) is 0 Å². The molecule has 0 aromatic heterocycles. The van der Waals surface area contributed by atoms with Crippen molar-refractivity contribution in [3.63, 3.8) is 0 Å². The summed E-state index contributed by atoms with van der Waals surface area (Å²) in [6, 6.07) is 13.7. The standard InChI is InChI=1S/C22H29N3O4/c1-27-19-7-5-4-6-18(19)25-12-10-24(11-13-25)16-22(26)23-15-17-8-9-20(28-2)21(14-17)29-3/h4-9,14H,10-13,15-16H2,1-3H3,(H,23,26). The minimum Gasteiger partial charge on any atom is -0.495 e. The number of anilines is 1. The number of hydrogen-bond acceptors (Lipinski definition) is 6. The molecular weight excluding hydrogens is 370 g/mol. The van der Waals surface area contributed by atoms with Crippen LogP contribution in [0.2, 0.25) is 0 Å². The Kier molecular flexibility index (Phi) is 7.19. The fourth-order valence-electron chi connectivity index (χ4n) is 3.49. The zero-order valence-electron chi connectivity index (χ0n) is 17.3. The van der Waals surface area contributed by atoms with E-state index in [2.05, 4.69) is 21.2 Å². The summed E-state index contributed by atoms with van der Waals surface area (Å²) in [4.78, 5) is 16.9. The van der Waals surface area contributed by atoms with Gasteiger partial charge >= 0.3 is 0 Å². The molecule has 1 N–H and O–H groups in total. The van der Waals surface area contributed by atoms with Crippen molar-refractivity contribution >= 4 is 11.6 Å². The molecule has 1 fully saturated rings. The van der Waals surface area contributed by atoms with Crippen LogP contribution in [0, 0.1) is 0 Å². The summed E-state index contributed by atoms with van der Waals surface area (Å²) in [5, 5.41) is 2.99. The Hall–Kier alpha value is -2.93. The van der Waals surface area contributed by atoms with Crippen molar-refractivity contribution in [2.24, 2.45) is 0 Å². The molecule has 3 rings (SSSR count). The Morgan fingerprint density at radius 3 is 2.28 bits per heavy atom. The number of carbonyl (C=O) groups excluding carboxylic acids is 1. The number of rotatable bonds is 8. The molecule has 156 valence electrons. The highest BCUT2D eigenvalue weighted by Crippen LogP contribution is 2.28. The van der Waals surface area contributed by atoms with E-state index in [0.29, 0.717) is 24.6 Å². The zero-order chi connectivity index (χ0) is 20.6. The van der Waals surface area contributed by atoms with Crippen LogP contribution in [0.15, 0.2) is 42.5 Å². The highest BCUT2D eigenvalue weighted by atomic mass is 16.5. The Morgan fingerprint density at radius 2 is 1.59 bits per heavy atom. The van der Waals surface area contributed by atoms with Crippen molar-refractivity contribution in [1.82, 2.24) is 10.2 Å². The number of methoxy groups -OCH3 is 3. The highest BCUT2D eigenvalue weighted by Gasteiger charge is 2.21. The summed E-state index contributed by atoms with van der Waals surface area (Å²) >= 11 is 0. The van der Waals surface area contributed by atoms with Crippen LogP contribution in [0.5, 0.6) is 17.2 Å². The number of hydrogen-bond donors (Lipinski definition) is 1. The van der Waals surface area contributed by atoms with Crippen molar-refractivity contribution in [2.45, 2.75) is 6.54 Å². The molecule has 7 nitrogen and oxygen atoms in total. The maximum atomic E-state index is 12.4. The molecule has 7 heteroatoms. The van der Waals surface area contributed by atoms with Gasteiger partial charge in [-0.05, 0) is 29.8 Å². The van der Waals surface area contributed by atoms with Crippen LogP contribution in [-0.2, 0) is 11.3 Å². The summed E-state index contributed by atoms with van der Waals surface area (Å²) in [5.41, 5.74) is 2.07. The predicted octanol–water partition coefficient (Wildman–Crippen LogP) is 2.15. The van der Waals surface area contributed by atoms with E-state index in [-0.39, 0.29) is 5.91 Å². The van der Waals surface area contributed by atoms with Gasteiger partial charge in [-0.15, -0.1) is 0 Å². The lowest BCUT2D eigenvalue weighted by atomic mass is 10.2. The van der Waals surface area contributed by atoms with Gasteiger partial charge in [0.15, 0.2) is 11.5 Å². The SMILES string of the molecule is COc1ccc(CNC(=O)CN2CCN(c3ccccc3OC)CC2)cc1OC. The maximum absolute atomic E-state index is 12.4. The molecule has 2 aromatic rings. The number of benzene rings is 2. The van der Waals surface area contributed by atoms with Gasteiger partial charge in [-0.1, -0.05) is 18.2 Å². The van der Waals surface area contributed by atoms with Gasteiger partial charge in [0.1, 0.15) is 5.75 Å². The first kappa shape index (κ1) is 20.8. The number of amides is 1. The number of ether oxygens (including phenoxy) is 3. The first-order valence-electron chi connectivity index (χ1n) is 9.72. The van der Waals surface area contributed by atoms with Crippen molar-refractivity contribution in [2.75, 3.05) is 59.0 Å². The third-order valence-electron chi connectivity index (χ3n) is 5.10. The first-order chi connectivity index (χ1) is 14.1. The fourth-order valence-corrected chi connectivity index (χ4v) is 3.49. The largest absolute Gasteiger partial charge is 0.495 e. The second kappa shape index (κ2) is 10.0. The number of piperazine rings is 1. The molecule has 0 bridgehead atoms. The zero-order valence-corrected chi connectivity index (χ0v) is 17.3. The van der Waals surface area contributed by atoms with Crippen molar-refractivity contribution in [1.29, 1.82) is 0 Å². The quantitative estimate of drug-likeness (QED) is 0.734. The van der Waals surface area contributed by atoms with Gasteiger partial charge in [0.05, 0.1) is 33.6 Å². The van der Waals surface area contributed by atoms with Gasteiger partial charge in [-0.2, -0.15) is 0 Å². The molecule has 0 saturated carbocycles. The van der Waals surface area contributed by atoms with Crippen molar-refractivity contribution in [3.05, 3.63) is 48.0 Å². The van der Waals surface area contributed by atoms with Crippen molar-refractivity contribution < 1.29 is 19.0 Å². The number of carbonyl (C=O) groups is 1. The average Bonchev–Trinajstić information content (AvgIpc) is 2.78. The van der Waals surface area contributed by atoms with E-state index in [1.54, 1.807) is 21.3 Å². The Bertz CT molecular complexity index is 819. The smallest absolute Gasteiger partial charge is 0.234 e. The van der Waals surface area contributed by atoms with Crippen molar-refractivity contribution in [3.8, 4) is 17.2 Å². The second-order valence-electron chi connectivity index (χ2n) is 6.90. The van der Waals surface area contributed by atoms with E-state index >= 15 is 0 Å². The van der Waals surface area contributed by atoms with Gasteiger partial charge in [0.2, 0.25) is 5.91 Å². The molecule has 2 aromatic carbocycles. The molecule has 0 unspecified atom stereocenters. The monoisotopic (exact) mass is 399 g/mol. The highest BCUT2D eigenvalue weighted by molar-refractivity contribution is 5.78. The summed E-state index contributed by atoms with van der Waals surface area (Å²) in [5.74, 6) is 2.24. The second-order valence-corrected chi connectivity index (χ2v) is 6.90. The minimum atomic E-state index is 0.0190. The lowest BCUT2D eigenvalue weighted by molar-refractivity contribution is -0.122. The maximum Gasteiger partial charge on any atom is 0.234 e. The first-order valence-corrected chi connectivity index (χ1v) is 9.72. The van der Waals surface area contributed by atoms with Crippen LogP contribution in [0.1, 0.15) is 5.56 Å². The molecule has 1 amide bonds. The Morgan fingerprint density at radius 1 is 0.897 bits per heavy atom. The van der Waals surface area contributed by atoms with E-state index in [1.807, 2.05) is 36.4 Å². The summed E-state index contributed by atoms with van der Waals surface area (Å²) in [6.07, 6.45) is 0. The van der Waals surface area contributed by atoms with Gasteiger partial charge in [-0.25, -0.2) is 0 Å². The predicted molar refractivity (Wildman–Crippen MR) is 113 cm³/mol. The molecule has 0 aliphatic carbocycles. The minimum absolute atomic E-state index is 0.0190. The number of nitrogens with zero attached hydrogens (tertiary/aromatic N) is 2. The number of para-hydroxylation sites is 2. The molecule has 1 aliphatic heterocycles. The Labute approximate surface area is 172 Å². The average molecular weight is 399 g/mol. The van der Waals surface area contributed by atoms with E-state index in [0.717, 1.165) is 43.2 Å². The van der Waals surface area contributed by atoms with Gasteiger partial charge in [0.25, 0.3) is 0 Å². The molecule has 1 heterocycles. The van der Waals surface area contributed by atoms with Gasteiger partial charge in [-0.3, -0.25) is 9.69 Å². The van der Waals surface area contributed by atoms with E-state index < -0.39 is 0 Å². The molecule has 1 aliphatic rings. The summed E-state index contributed by atoms with van der Waals surface area (Å²) in [7, 11) is 4.90. The number of nitrogens with one attached hydrogen (secondary N) is 1. The molecule has 1 saturated heterocycles. The molecule has 0 atom stereocenters. The summed E-state index contributed by atoms with van der Waals surface area (Å²) < 4.78 is 16.0. The molecule has 29 heavy (non-hydrogen) atoms. The lowest BCUT2D eigenvalue weighted by Crippen LogP contribution is -2.49. The molecule has 0 spiro atoms. The molecule has 0 radical (unpaired) electrons. The van der Waals surface area contributed by atoms with Gasteiger partial charge < -0.3 is 24.4 Å². The normalized spacial score (nSPS) is 14.4. The summed E-state index contributed by atoms with van der Waals surface area (Å²) in [6.45, 7) is 4.25. The third kappa shape index (κ3) is 5.32. The van der Waals surface area contributed by atoms with Crippen LogP contribution < -0.4 is 24.4 Å². The fraction of sp³-hybridized carbons (Fsp3) is 0.409. The van der Waals surface area contributed by atoms with Crippen LogP contribution in [0.4, 0.5) is 5.69 Å². The molecular formula is C22H29N3O4. The third-order valence-corrected chi connectivity index (χ3v) is 5.10. The van der Waals surface area contributed by atoms with Crippen LogP contribution in [-0.4, -0.2) is 64.9 Å². The Balaban J connectivity index is 1.46. The van der Waals surface area contributed by atoms with Gasteiger partial charge in [0, 0.05) is 32.7 Å². The van der Waals surface area contributed by atoms with Crippen LogP contribution >= 0.6 is 0 Å². The topological polar surface area (TPSA) is 63.3 Å². The van der Waals surface area contributed by atoms with Crippen LogP contribution in [0.3, 0.4) is 0 Å². The van der Waals surface area contributed by atoms with E-state index in [1.165, 1.54) is 0 Å².